The van der Waals surface area contributed by atoms with Crippen LogP contribution < -0.4 is 11.1 Å². The summed E-state index contributed by atoms with van der Waals surface area (Å²) >= 11 is 0. The number of aliphatic imine (C=N–C) groups is 1. The fourth-order valence-electron chi connectivity index (χ4n) is 1.26. The molecule has 0 aromatic heterocycles. The van der Waals surface area contributed by atoms with Crippen molar-refractivity contribution in [3.8, 4) is 0 Å². The Balaban J connectivity index is 2.28. The van der Waals surface area contributed by atoms with E-state index in [0.29, 0.717) is 0 Å². The predicted molar refractivity (Wildman–Crippen MR) is 55.7 cm³/mol. The third-order valence-corrected chi connectivity index (χ3v) is 2.05. The van der Waals surface area contributed by atoms with E-state index in [1.54, 1.807) is 0 Å². The van der Waals surface area contributed by atoms with E-state index in [-0.39, 0.29) is 6.04 Å². The van der Waals surface area contributed by atoms with Crippen LogP contribution in [0.2, 0.25) is 0 Å². The quantitative estimate of drug-likeness (QED) is 0.469. The van der Waals surface area contributed by atoms with Crippen molar-refractivity contribution in [2.24, 2.45) is 10.7 Å². The van der Waals surface area contributed by atoms with Gasteiger partial charge in [0, 0.05) is 26.2 Å². The largest absolute Gasteiger partial charge is 0.390 e. The summed E-state index contributed by atoms with van der Waals surface area (Å²) in [6.45, 7) is 6.31. The van der Waals surface area contributed by atoms with Crippen LogP contribution in [0, 0.1) is 0 Å². The molecule has 1 fully saturated rings. The van der Waals surface area contributed by atoms with Crippen LogP contribution in [0.4, 0.5) is 0 Å². The van der Waals surface area contributed by atoms with Crippen molar-refractivity contribution >= 4 is 6.34 Å². The molecule has 0 bridgehead atoms. The molecule has 1 rings (SSSR count). The lowest BCUT2D eigenvalue weighted by atomic mass is 10.3. The van der Waals surface area contributed by atoms with E-state index in [4.69, 9.17) is 5.73 Å². The van der Waals surface area contributed by atoms with Crippen LogP contribution in [0.3, 0.4) is 0 Å². The summed E-state index contributed by atoms with van der Waals surface area (Å²) in [5, 5.41) is 3.30. The van der Waals surface area contributed by atoms with Gasteiger partial charge in [-0.25, -0.2) is 0 Å². The van der Waals surface area contributed by atoms with Crippen molar-refractivity contribution in [2.75, 3.05) is 26.2 Å². The van der Waals surface area contributed by atoms with E-state index in [1.807, 2.05) is 6.92 Å². The van der Waals surface area contributed by atoms with Crippen LogP contribution in [0.5, 0.6) is 0 Å². The highest BCUT2D eigenvalue weighted by Crippen LogP contribution is 1.96. The fourth-order valence-corrected chi connectivity index (χ4v) is 1.26. The molecular weight excluding hydrogens is 164 g/mol. The van der Waals surface area contributed by atoms with Crippen LogP contribution >= 0.6 is 0 Å². The molecule has 1 atom stereocenters. The first-order valence-corrected chi connectivity index (χ1v) is 4.69. The van der Waals surface area contributed by atoms with E-state index in [1.165, 1.54) is 6.34 Å². The Morgan fingerprint density at radius 3 is 2.77 bits per heavy atom. The number of nitrogens with zero attached hydrogens (tertiary/aromatic N) is 2. The minimum atomic E-state index is 0.180. The van der Waals surface area contributed by atoms with Crippen molar-refractivity contribution in [1.29, 1.82) is 0 Å². The molecule has 0 aromatic rings. The second-order valence-electron chi connectivity index (χ2n) is 3.17. The zero-order valence-corrected chi connectivity index (χ0v) is 8.11. The SMILES string of the molecule is CC(/C=C/N1CCNCC1)N=CN. The lowest BCUT2D eigenvalue weighted by Crippen LogP contribution is -2.40. The van der Waals surface area contributed by atoms with Gasteiger partial charge in [-0.05, 0) is 19.2 Å². The predicted octanol–water partition coefficient (Wildman–Crippen LogP) is -0.219. The summed E-state index contributed by atoms with van der Waals surface area (Å²) in [5.74, 6) is 0. The molecule has 0 aliphatic carbocycles. The zero-order valence-electron chi connectivity index (χ0n) is 8.11. The van der Waals surface area contributed by atoms with E-state index >= 15 is 0 Å². The highest BCUT2D eigenvalue weighted by molar-refractivity contribution is 5.51. The average molecular weight is 182 g/mol. The number of nitrogens with one attached hydrogen (secondary N) is 1. The van der Waals surface area contributed by atoms with Crippen LogP contribution in [0.15, 0.2) is 17.3 Å². The highest BCUT2D eigenvalue weighted by Gasteiger charge is 2.04. The molecule has 3 N–H and O–H groups in total. The van der Waals surface area contributed by atoms with Gasteiger partial charge in [-0.2, -0.15) is 0 Å². The maximum Gasteiger partial charge on any atom is 0.0804 e. The normalized spacial score (nSPS) is 21.5. The van der Waals surface area contributed by atoms with Gasteiger partial charge in [-0.15, -0.1) is 0 Å². The molecule has 0 aromatic carbocycles. The van der Waals surface area contributed by atoms with E-state index < -0.39 is 0 Å². The number of piperazine rings is 1. The van der Waals surface area contributed by atoms with Gasteiger partial charge in [0.1, 0.15) is 0 Å². The topological polar surface area (TPSA) is 53.6 Å². The Morgan fingerprint density at radius 1 is 1.46 bits per heavy atom. The number of hydrogen-bond donors (Lipinski definition) is 2. The summed E-state index contributed by atoms with van der Waals surface area (Å²) < 4.78 is 0. The summed E-state index contributed by atoms with van der Waals surface area (Å²) in [4.78, 5) is 6.32. The first kappa shape index (κ1) is 10.1. The third kappa shape index (κ3) is 3.94. The van der Waals surface area contributed by atoms with Crippen molar-refractivity contribution < 1.29 is 0 Å². The molecule has 1 aliphatic rings. The minimum absolute atomic E-state index is 0.180. The molecule has 1 aliphatic heterocycles. The van der Waals surface area contributed by atoms with Gasteiger partial charge in [0.15, 0.2) is 0 Å². The van der Waals surface area contributed by atoms with Crippen molar-refractivity contribution in [3.63, 3.8) is 0 Å². The molecule has 0 saturated carbocycles. The average Bonchev–Trinajstić information content (AvgIpc) is 2.17. The zero-order chi connectivity index (χ0) is 9.52. The number of rotatable bonds is 3. The molecule has 0 radical (unpaired) electrons. The Morgan fingerprint density at radius 2 is 2.15 bits per heavy atom. The molecule has 0 amide bonds. The highest BCUT2D eigenvalue weighted by atomic mass is 15.2. The molecule has 4 heteroatoms. The fraction of sp³-hybridized carbons (Fsp3) is 0.667. The van der Waals surface area contributed by atoms with E-state index in [9.17, 15) is 0 Å². The van der Waals surface area contributed by atoms with Gasteiger partial charge < -0.3 is 16.0 Å². The van der Waals surface area contributed by atoms with Gasteiger partial charge >= 0.3 is 0 Å². The Bertz CT molecular complexity index is 182. The molecule has 1 saturated heterocycles. The third-order valence-electron chi connectivity index (χ3n) is 2.05. The molecule has 4 nitrogen and oxygen atoms in total. The van der Waals surface area contributed by atoms with Gasteiger partial charge in [0.05, 0.1) is 12.4 Å². The lowest BCUT2D eigenvalue weighted by molar-refractivity contribution is 0.323. The van der Waals surface area contributed by atoms with Crippen LogP contribution in [-0.4, -0.2) is 43.5 Å². The Hall–Kier alpha value is -1.03. The maximum absolute atomic E-state index is 5.19. The standard InChI is InChI=1S/C9H18N4/c1-9(12-8-10)2-5-13-6-3-11-4-7-13/h2,5,8-9,11H,3-4,6-7H2,1H3,(H2,10,12)/b5-2+. The van der Waals surface area contributed by atoms with Crippen molar-refractivity contribution in [1.82, 2.24) is 10.2 Å². The molecule has 0 spiro atoms. The van der Waals surface area contributed by atoms with Gasteiger partial charge in [-0.1, -0.05) is 0 Å². The molecule has 13 heavy (non-hydrogen) atoms. The molecular formula is C9H18N4. The second kappa shape index (κ2) is 5.59. The van der Waals surface area contributed by atoms with Crippen molar-refractivity contribution in [2.45, 2.75) is 13.0 Å². The van der Waals surface area contributed by atoms with Crippen LogP contribution in [0.1, 0.15) is 6.92 Å². The van der Waals surface area contributed by atoms with Gasteiger partial charge in [0.25, 0.3) is 0 Å². The summed E-state index contributed by atoms with van der Waals surface area (Å²) in [6.07, 6.45) is 5.53. The number of hydrogen-bond acceptors (Lipinski definition) is 3. The summed E-state index contributed by atoms with van der Waals surface area (Å²) in [5.41, 5.74) is 5.19. The summed E-state index contributed by atoms with van der Waals surface area (Å²) in [7, 11) is 0. The van der Waals surface area contributed by atoms with Gasteiger partial charge in [0.2, 0.25) is 0 Å². The second-order valence-corrected chi connectivity index (χ2v) is 3.17. The molecule has 74 valence electrons. The first-order chi connectivity index (χ1) is 6.33. The summed E-state index contributed by atoms with van der Waals surface area (Å²) in [6, 6.07) is 0.180. The monoisotopic (exact) mass is 182 g/mol. The number of nitrogens with two attached hydrogens (primary N) is 1. The van der Waals surface area contributed by atoms with E-state index in [2.05, 4.69) is 27.5 Å². The van der Waals surface area contributed by atoms with Gasteiger partial charge in [-0.3, -0.25) is 4.99 Å². The Kier molecular flexibility index (Phi) is 4.32. The molecule has 1 unspecified atom stereocenters. The van der Waals surface area contributed by atoms with E-state index in [0.717, 1.165) is 26.2 Å². The minimum Gasteiger partial charge on any atom is -0.390 e. The van der Waals surface area contributed by atoms with Crippen LogP contribution in [-0.2, 0) is 0 Å². The first-order valence-electron chi connectivity index (χ1n) is 4.69. The maximum atomic E-state index is 5.19. The Labute approximate surface area is 79.5 Å². The molecule has 1 heterocycles. The lowest BCUT2D eigenvalue weighted by Gasteiger charge is -2.25. The van der Waals surface area contributed by atoms with Crippen LogP contribution in [0.25, 0.3) is 0 Å². The smallest absolute Gasteiger partial charge is 0.0804 e. The van der Waals surface area contributed by atoms with Crippen molar-refractivity contribution in [3.05, 3.63) is 12.3 Å².